The number of nitrogens with zero attached hydrogens (tertiary/aromatic N) is 1. The Morgan fingerprint density at radius 2 is 2.24 bits per heavy atom. The van der Waals surface area contributed by atoms with Gasteiger partial charge in [-0.3, -0.25) is 4.79 Å². The van der Waals surface area contributed by atoms with E-state index in [1.165, 1.54) is 12.3 Å². The molecule has 0 atom stereocenters. The van der Waals surface area contributed by atoms with Crippen LogP contribution in [0.4, 0.5) is 4.39 Å². The van der Waals surface area contributed by atoms with Gasteiger partial charge in [0.15, 0.2) is 0 Å². The first kappa shape index (κ1) is 13.5. The molecule has 1 rings (SSSR count). The molecule has 1 amide bonds. The van der Waals surface area contributed by atoms with Crippen LogP contribution in [0, 0.1) is 5.95 Å². The number of pyridine rings is 1. The quantitative estimate of drug-likeness (QED) is 0.562. The van der Waals surface area contributed by atoms with Gasteiger partial charge in [-0.1, -0.05) is 0 Å². The second-order valence-electron chi connectivity index (χ2n) is 3.23. The van der Waals surface area contributed by atoms with E-state index >= 15 is 0 Å². The second-order valence-corrected chi connectivity index (χ2v) is 3.23. The average Bonchev–Trinajstić information content (AvgIpc) is 2.34. The molecule has 0 unspecified atom stereocenters. The standard InChI is InChI=1S/C11H15FN2O3/c1-16-6-7-17-5-4-13-11(15)9-2-3-10(12)14-8-9/h2-3,8H,4-7H2,1H3,(H,13,15). The molecule has 6 heteroatoms. The summed E-state index contributed by atoms with van der Waals surface area (Å²) < 4.78 is 22.5. The summed E-state index contributed by atoms with van der Waals surface area (Å²) in [5, 5.41) is 2.63. The summed E-state index contributed by atoms with van der Waals surface area (Å²) in [4.78, 5) is 14.9. The largest absolute Gasteiger partial charge is 0.382 e. The fraction of sp³-hybridized carbons (Fsp3) is 0.455. The molecule has 0 saturated heterocycles. The van der Waals surface area contributed by atoms with Gasteiger partial charge >= 0.3 is 0 Å². The van der Waals surface area contributed by atoms with E-state index in [1.807, 2.05) is 0 Å². The first-order valence-corrected chi connectivity index (χ1v) is 5.20. The Hall–Kier alpha value is -1.53. The van der Waals surface area contributed by atoms with Gasteiger partial charge in [0.25, 0.3) is 5.91 Å². The second kappa shape index (κ2) is 7.70. The molecule has 5 nitrogen and oxygen atoms in total. The van der Waals surface area contributed by atoms with Crippen LogP contribution in [-0.4, -0.2) is 44.4 Å². The molecule has 0 aliphatic rings. The number of halogens is 1. The minimum atomic E-state index is -0.607. The van der Waals surface area contributed by atoms with Gasteiger partial charge in [-0.2, -0.15) is 4.39 Å². The molecular weight excluding hydrogens is 227 g/mol. The Kier molecular flexibility index (Phi) is 6.13. The minimum absolute atomic E-state index is 0.298. The number of aromatic nitrogens is 1. The molecule has 1 aromatic heterocycles. The highest BCUT2D eigenvalue weighted by molar-refractivity contribution is 5.93. The molecule has 1 N–H and O–H groups in total. The normalized spacial score (nSPS) is 10.2. The molecule has 17 heavy (non-hydrogen) atoms. The lowest BCUT2D eigenvalue weighted by molar-refractivity contribution is 0.0692. The van der Waals surface area contributed by atoms with Crippen LogP contribution >= 0.6 is 0 Å². The SMILES string of the molecule is COCCOCCNC(=O)c1ccc(F)nc1. The summed E-state index contributed by atoms with van der Waals surface area (Å²) in [5.74, 6) is -0.905. The number of hydrogen-bond donors (Lipinski definition) is 1. The Labute approximate surface area is 98.9 Å². The van der Waals surface area contributed by atoms with Crippen molar-refractivity contribution in [2.45, 2.75) is 0 Å². The first-order chi connectivity index (χ1) is 8.24. The maximum Gasteiger partial charge on any atom is 0.252 e. The van der Waals surface area contributed by atoms with E-state index in [4.69, 9.17) is 9.47 Å². The fourth-order valence-electron chi connectivity index (χ4n) is 1.09. The van der Waals surface area contributed by atoms with Crippen LogP contribution in [0.2, 0.25) is 0 Å². The van der Waals surface area contributed by atoms with E-state index in [1.54, 1.807) is 7.11 Å². The number of rotatable bonds is 7. The summed E-state index contributed by atoms with van der Waals surface area (Å²) in [7, 11) is 1.59. The van der Waals surface area contributed by atoms with E-state index in [0.29, 0.717) is 31.9 Å². The van der Waals surface area contributed by atoms with E-state index in [9.17, 15) is 9.18 Å². The molecule has 0 spiro atoms. The van der Waals surface area contributed by atoms with Crippen LogP contribution in [0.15, 0.2) is 18.3 Å². The van der Waals surface area contributed by atoms with Gasteiger partial charge in [0.05, 0.1) is 25.4 Å². The third-order valence-electron chi connectivity index (χ3n) is 1.95. The van der Waals surface area contributed by atoms with Gasteiger partial charge in [-0.15, -0.1) is 0 Å². The van der Waals surface area contributed by atoms with Crippen molar-refractivity contribution in [1.82, 2.24) is 10.3 Å². The van der Waals surface area contributed by atoms with Gasteiger partial charge < -0.3 is 14.8 Å². The Bertz CT molecular complexity index is 343. The zero-order chi connectivity index (χ0) is 12.5. The average molecular weight is 242 g/mol. The highest BCUT2D eigenvalue weighted by atomic mass is 19.1. The monoisotopic (exact) mass is 242 g/mol. The van der Waals surface area contributed by atoms with Crippen molar-refractivity contribution >= 4 is 5.91 Å². The Morgan fingerprint density at radius 1 is 1.41 bits per heavy atom. The predicted octanol–water partition coefficient (Wildman–Crippen LogP) is 0.613. The minimum Gasteiger partial charge on any atom is -0.382 e. The van der Waals surface area contributed by atoms with Crippen molar-refractivity contribution in [3.8, 4) is 0 Å². The molecule has 0 radical (unpaired) electrons. The molecule has 0 aliphatic heterocycles. The van der Waals surface area contributed by atoms with E-state index in [-0.39, 0.29) is 5.91 Å². The number of nitrogens with one attached hydrogen (secondary N) is 1. The Balaban J connectivity index is 2.19. The molecule has 0 aromatic carbocycles. The van der Waals surface area contributed by atoms with Gasteiger partial charge in [-0.25, -0.2) is 4.98 Å². The van der Waals surface area contributed by atoms with E-state index < -0.39 is 5.95 Å². The molecular formula is C11H15FN2O3. The van der Waals surface area contributed by atoms with E-state index in [2.05, 4.69) is 10.3 Å². The molecule has 94 valence electrons. The lowest BCUT2D eigenvalue weighted by Gasteiger charge is -2.05. The van der Waals surface area contributed by atoms with Crippen LogP contribution in [0.3, 0.4) is 0 Å². The number of carbonyl (C=O) groups excluding carboxylic acids is 1. The number of carbonyl (C=O) groups is 1. The van der Waals surface area contributed by atoms with Crippen molar-refractivity contribution in [3.05, 3.63) is 29.8 Å². The maximum atomic E-state index is 12.5. The van der Waals surface area contributed by atoms with Crippen LogP contribution in [0.1, 0.15) is 10.4 Å². The number of amides is 1. The number of ether oxygens (including phenoxy) is 2. The van der Waals surface area contributed by atoms with Crippen molar-refractivity contribution in [3.63, 3.8) is 0 Å². The van der Waals surface area contributed by atoms with Gasteiger partial charge in [0, 0.05) is 19.9 Å². The smallest absolute Gasteiger partial charge is 0.252 e. The fourth-order valence-corrected chi connectivity index (χ4v) is 1.09. The summed E-state index contributed by atoms with van der Waals surface area (Å²) in [6, 6.07) is 2.52. The van der Waals surface area contributed by atoms with Gasteiger partial charge in [0.2, 0.25) is 5.95 Å². The lowest BCUT2D eigenvalue weighted by Crippen LogP contribution is -2.27. The van der Waals surface area contributed by atoms with Crippen molar-refractivity contribution in [2.24, 2.45) is 0 Å². The molecule has 0 aliphatic carbocycles. The third kappa shape index (κ3) is 5.37. The van der Waals surface area contributed by atoms with Crippen LogP contribution < -0.4 is 5.32 Å². The maximum absolute atomic E-state index is 12.5. The zero-order valence-electron chi connectivity index (χ0n) is 9.61. The number of methoxy groups -OCH3 is 1. The topological polar surface area (TPSA) is 60.5 Å². The molecule has 0 bridgehead atoms. The molecule has 0 fully saturated rings. The predicted molar refractivity (Wildman–Crippen MR) is 59.2 cm³/mol. The highest BCUT2D eigenvalue weighted by Gasteiger charge is 2.04. The van der Waals surface area contributed by atoms with Crippen LogP contribution in [0.5, 0.6) is 0 Å². The summed E-state index contributed by atoms with van der Waals surface area (Å²) in [6.45, 7) is 1.81. The number of hydrogen-bond acceptors (Lipinski definition) is 4. The first-order valence-electron chi connectivity index (χ1n) is 5.20. The summed E-state index contributed by atoms with van der Waals surface area (Å²) >= 11 is 0. The van der Waals surface area contributed by atoms with Crippen molar-refractivity contribution in [2.75, 3.05) is 33.5 Å². The van der Waals surface area contributed by atoms with E-state index in [0.717, 1.165) is 6.07 Å². The summed E-state index contributed by atoms with van der Waals surface area (Å²) in [6.07, 6.45) is 1.19. The van der Waals surface area contributed by atoms with Crippen LogP contribution in [0.25, 0.3) is 0 Å². The van der Waals surface area contributed by atoms with Crippen LogP contribution in [-0.2, 0) is 9.47 Å². The van der Waals surface area contributed by atoms with Crippen molar-refractivity contribution < 1.29 is 18.7 Å². The van der Waals surface area contributed by atoms with Gasteiger partial charge in [0.1, 0.15) is 0 Å². The molecule has 0 saturated carbocycles. The third-order valence-corrected chi connectivity index (χ3v) is 1.95. The lowest BCUT2D eigenvalue weighted by atomic mass is 10.3. The molecule has 1 heterocycles. The zero-order valence-corrected chi connectivity index (χ0v) is 9.61. The molecule has 1 aromatic rings. The summed E-state index contributed by atoms with van der Waals surface area (Å²) in [5.41, 5.74) is 0.322. The highest BCUT2D eigenvalue weighted by Crippen LogP contribution is 1.98. The van der Waals surface area contributed by atoms with Gasteiger partial charge in [-0.05, 0) is 12.1 Å². The van der Waals surface area contributed by atoms with Crippen molar-refractivity contribution in [1.29, 1.82) is 0 Å². The Morgan fingerprint density at radius 3 is 2.88 bits per heavy atom.